The normalized spacial score (nSPS) is 11.7. The van der Waals surface area contributed by atoms with Crippen molar-refractivity contribution < 1.29 is 9.59 Å². The van der Waals surface area contributed by atoms with E-state index in [2.05, 4.69) is 20.8 Å². The number of aromatic amines is 1. The van der Waals surface area contributed by atoms with Crippen molar-refractivity contribution in [3.8, 4) is 11.3 Å². The minimum atomic E-state index is -0.515. The van der Waals surface area contributed by atoms with Crippen LogP contribution < -0.4 is 10.6 Å². The van der Waals surface area contributed by atoms with Gasteiger partial charge in [-0.15, -0.1) is 0 Å². The summed E-state index contributed by atoms with van der Waals surface area (Å²) in [6.07, 6.45) is 3.09. The van der Waals surface area contributed by atoms with Crippen LogP contribution in [-0.2, 0) is 9.59 Å². The standard InChI is InChI=1S/C16H20N4O2/c1-3-5-15(18-11(2)21)16(22)19-13-7-4-6-12(10-13)14-8-9-17-20-14/h4,6-10,15H,3,5H2,1-2H3,(H,17,20)(H,18,21)(H,19,22). The third-order valence-corrected chi connectivity index (χ3v) is 3.21. The molecular formula is C16H20N4O2. The lowest BCUT2D eigenvalue weighted by molar-refractivity contribution is -0.125. The summed E-state index contributed by atoms with van der Waals surface area (Å²) in [4.78, 5) is 23.5. The molecule has 6 heteroatoms. The van der Waals surface area contributed by atoms with E-state index < -0.39 is 6.04 Å². The second-order valence-corrected chi connectivity index (χ2v) is 5.08. The fraction of sp³-hybridized carbons (Fsp3) is 0.312. The smallest absolute Gasteiger partial charge is 0.246 e. The Labute approximate surface area is 129 Å². The lowest BCUT2D eigenvalue weighted by atomic mass is 10.1. The molecule has 1 heterocycles. The molecule has 0 saturated carbocycles. The van der Waals surface area contributed by atoms with Crippen molar-refractivity contribution in [1.29, 1.82) is 0 Å². The van der Waals surface area contributed by atoms with Crippen LogP contribution in [0.1, 0.15) is 26.7 Å². The van der Waals surface area contributed by atoms with Crippen LogP contribution in [0.5, 0.6) is 0 Å². The number of carbonyl (C=O) groups is 2. The molecule has 1 aromatic heterocycles. The fourth-order valence-corrected chi connectivity index (χ4v) is 2.21. The zero-order chi connectivity index (χ0) is 15.9. The highest BCUT2D eigenvalue weighted by atomic mass is 16.2. The van der Waals surface area contributed by atoms with Crippen LogP contribution in [0.3, 0.4) is 0 Å². The molecule has 2 aromatic rings. The van der Waals surface area contributed by atoms with E-state index in [0.29, 0.717) is 12.1 Å². The maximum absolute atomic E-state index is 12.3. The maximum Gasteiger partial charge on any atom is 0.246 e. The number of anilines is 1. The molecule has 0 aliphatic rings. The van der Waals surface area contributed by atoms with E-state index in [1.807, 2.05) is 37.3 Å². The van der Waals surface area contributed by atoms with E-state index in [-0.39, 0.29) is 11.8 Å². The molecule has 1 unspecified atom stereocenters. The van der Waals surface area contributed by atoms with Crippen molar-refractivity contribution in [3.05, 3.63) is 36.5 Å². The number of carbonyl (C=O) groups excluding carboxylic acids is 2. The molecule has 0 aliphatic heterocycles. The van der Waals surface area contributed by atoms with Crippen LogP contribution in [-0.4, -0.2) is 28.1 Å². The van der Waals surface area contributed by atoms with Crippen molar-refractivity contribution >= 4 is 17.5 Å². The van der Waals surface area contributed by atoms with E-state index in [9.17, 15) is 9.59 Å². The van der Waals surface area contributed by atoms with Gasteiger partial charge in [0.1, 0.15) is 6.04 Å². The molecule has 1 aromatic carbocycles. The van der Waals surface area contributed by atoms with Gasteiger partial charge in [-0.1, -0.05) is 25.5 Å². The lowest BCUT2D eigenvalue weighted by Gasteiger charge is -2.17. The molecule has 116 valence electrons. The van der Waals surface area contributed by atoms with Crippen LogP contribution in [0.15, 0.2) is 36.5 Å². The number of rotatable bonds is 6. The Kier molecular flexibility index (Phi) is 5.30. The predicted molar refractivity (Wildman–Crippen MR) is 85.2 cm³/mol. The molecular weight excluding hydrogens is 280 g/mol. The Bertz CT molecular complexity index is 637. The van der Waals surface area contributed by atoms with Gasteiger partial charge in [0.25, 0.3) is 0 Å². The number of hydrogen-bond acceptors (Lipinski definition) is 3. The van der Waals surface area contributed by atoms with Crippen LogP contribution in [0, 0.1) is 0 Å². The second kappa shape index (κ2) is 7.40. The van der Waals surface area contributed by atoms with Crippen LogP contribution in [0.2, 0.25) is 0 Å². The molecule has 1 atom stereocenters. The van der Waals surface area contributed by atoms with E-state index in [1.54, 1.807) is 6.20 Å². The number of amides is 2. The topological polar surface area (TPSA) is 86.9 Å². The van der Waals surface area contributed by atoms with Gasteiger partial charge >= 0.3 is 0 Å². The first-order valence-electron chi connectivity index (χ1n) is 7.28. The SMILES string of the molecule is CCCC(NC(C)=O)C(=O)Nc1cccc(-c2ccn[nH]2)c1. The number of hydrogen-bond donors (Lipinski definition) is 3. The van der Waals surface area contributed by atoms with Crippen LogP contribution in [0.4, 0.5) is 5.69 Å². The van der Waals surface area contributed by atoms with Crippen molar-refractivity contribution in [2.45, 2.75) is 32.7 Å². The average molecular weight is 300 g/mol. The molecule has 2 rings (SSSR count). The number of nitrogens with zero attached hydrogens (tertiary/aromatic N) is 1. The highest BCUT2D eigenvalue weighted by molar-refractivity contribution is 5.97. The molecule has 0 fully saturated rings. The Morgan fingerprint density at radius 1 is 1.32 bits per heavy atom. The Morgan fingerprint density at radius 2 is 2.14 bits per heavy atom. The van der Waals surface area contributed by atoms with Gasteiger partial charge in [-0.25, -0.2) is 0 Å². The molecule has 6 nitrogen and oxygen atoms in total. The minimum absolute atomic E-state index is 0.209. The molecule has 0 saturated heterocycles. The molecule has 22 heavy (non-hydrogen) atoms. The second-order valence-electron chi connectivity index (χ2n) is 5.08. The molecule has 2 amide bonds. The van der Waals surface area contributed by atoms with Crippen molar-refractivity contribution in [2.75, 3.05) is 5.32 Å². The summed E-state index contributed by atoms with van der Waals surface area (Å²) < 4.78 is 0. The summed E-state index contributed by atoms with van der Waals surface area (Å²) in [5, 5.41) is 12.3. The number of H-pyrrole nitrogens is 1. The van der Waals surface area contributed by atoms with E-state index >= 15 is 0 Å². The average Bonchev–Trinajstić information content (AvgIpc) is 3.01. The van der Waals surface area contributed by atoms with Gasteiger partial charge in [-0.05, 0) is 24.6 Å². The van der Waals surface area contributed by atoms with Gasteiger partial charge in [0.15, 0.2) is 0 Å². The zero-order valence-corrected chi connectivity index (χ0v) is 12.7. The van der Waals surface area contributed by atoms with E-state index in [4.69, 9.17) is 0 Å². The summed E-state index contributed by atoms with van der Waals surface area (Å²) >= 11 is 0. The molecule has 3 N–H and O–H groups in total. The number of benzene rings is 1. The first kappa shape index (κ1) is 15.8. The predicted octanol–water partition coefficient (Wildman–Crippen LogP) is 2.32. The number of nitrogens with one attached hydrogen (secondary N) is 3. The van der Waals surface area contributed by atoms with Gasteiger partial charge in [0, 0.05) is 24.4 Å². The monoisotopic (exact) mass is 300 g/mol. The van der Waals surface area contributed by atoms with Crippen molar-refractivity contribution in [1.82, 2.24) is 15.5 Å². The molecule has 0 bridgehead atoms. The van der Waals surface area contributed by atoms with Crippen LogP contribution >= 0.6 is 0 Å². The summed E-state index contributed by atoms with van der Waals surface area (Å²) in [7, 11) is 0. The Hall–Kier alpha value is -2.63. The minimum Gasteiger partial charge on any atom is -0.345 e. The first-order chi connectivity index (χ1) is 10.6. The Morgan fingerprint density at radius 3 is 2.77 bits per heavy atom. The lowest BCUT2D eigenvalue weighted by Crippen LogP contribution is -2.42. The summed E-state index contributed by atoms with van der Waals surface area (Å²) in [5.74, 6) is -0.418. The van der Waals surface area contributed by atoms with Gasteiger partial charge in [-0.3, -0.25) is 14.7 Å². The largest absolute Gasteiger partial charge is 0.345 e. The fourth-order valence-electron chi connectivity index (χ4n) is 2.21. The third kappa shape index (κ3) is 4.18. The van der Waals surface area contributed by atoms with E-state index in [1.165, 1.54) is 6.92 Å². The molecule has 0 radical (unpaired) electrons. The third-order valence-electron chi connectivity index (χ3n) is 3.21. The maximum atomic E-state index is 12.3. The van der Waals surface area contributed by atoms with Gasteiger partial charge in [0.05, 0.1) is 5.69 Å². The quantitative estimate of drug-likeness (QED) is 0.765. The number of aromatic nitrogens is 2. The van der Waals surface area contributed by atoms with Gasteiger partial charge in [-0.2, -0.15) is 5.10 Å². The molecule has 0 spiro atoms. The van der Waals surface area contributed by atoms with E-state index in [0.717, 1.165) is 17.7 Å². The van der Waals surface area contributed by atoms with Crippen molar-refractivity contribution in [3.63, 3.8) is 0 Å². The van der Waals surface area contributed by atoms with Gasteiger partial charge < -0.3 is 10.6 Å². The van der Waals surface area contributed by atoms with Crippen LogP contribution in [0.25, 0.3) is 11.3 Å². The highest BCUT2D eigenvalue weighted by Gasteiger charge is 2.18. The zero-order valence-electron chi connectivity index (χ0n) is 12.7. The highest BCUT2D eigenvalue weighted by Crippen LogP contribution is 2.20. The van der Waals surface area contributed by atoms with Crippen molar-refractivity contribution in [2.24, 2.45) is 0 Å². The van der Waals surface area contributed by atoms with Gasteiger partial charge in [0.2, 0.25) is 11.8 Å². The Balaban J connectivity index is 2.10. The summed E-state index contributed by atoms with van der Waals surface area (Å²) in [5.41, 5.74) is 2.49. The first-order valence-corrected chi connectivity index (χ1v) is 7.28. The molecule has 0 aliphatic carbocycles. The summed E-state index contributed by atoms with van der Waals surface area (Å²) in [6, 6.07) is 8.81. The summed E-state index contributed by atoms with van der Waals surface area (Å²) in [6.45, 7) is 3.38.